The van der Waals surface area contributed by atoms with Crippen LogP contribution in [-0.4, -0.2) is 28.9 Å². The third-order valence-corrected chi connectivity index (χ3v) is 5.41. The normalized spacial score (nSPS) is 10.8. The first kappa shape index (κ1) is 19.7. The fourth-order valence-corrected chi connectivity index (χ4v) is 4.05. The molecule has 2 amide bonds. The number of ether oxygens (including phenoxy) is 1. The van der Waals surface area contributed by atoms with E-state index in [-0.39, 0.29) is 11.8 Å². The number of thiazole rings is 1. The molecule has 0 radical (unpaired) electrons. The van der Waals surface area contributed by atoms with Crippen LogP contribution in [-0.2, 0) is 4.79 Å². The highest BCUT2D eigenvalue weighted by Crippen LogP contribution is 2.35. The van der Waals surface area contributed by atoms with E-state index in [4.69, 9.17) is 4.74 Å². The zero-order valence-electron chi connectivity index (χ0n) is 16.7. The number of nitrogens with one attached hydrogen (secondary N) is 3. The van der Waals surface area contributed by atoms with Crippen LogP contribution in [0.25, 0.3) is 22.2 Å². The summed E-state index contributed by atoms with van der Waals surface area (Å²) in [6.07, 6.45) is 0. The second-order valence-electron chi connectivity index (χ2n) is 6.76. The van der Waals surface area contributed by atoms with E-state index < -0.39 is 0 Å². The van der Waals surface area contributed by atoms with Crippen LogP contribution in [0.5, 0.6) is 5.75 Å². The molecule has 152 valence electrons. The summed E-state index contributed by atoms with van der Waals surface area (Å²) in [5.41, 5.74) is 4.54. The first-order chi connectivity index (χ1) is 14.5. The van der Waals surface area contributed by atoms with Crippen LogP contribution in [0.2, 0.25) is 0 Å². The first-order valence-corrected chi connectivity index (χ1v) is 10.1. The molecule has 2 heterocycles. The van der Waals surface area contributed by atoms with Gasteiger partial charge >= 0.3 is 0 Å². The van der Waals surface area contributed by atoms with Gasteiger partial charge in [-0.1, -0.05) is 12.1 Å². The van der Waals surface area contributed by atoms with Crippen LogP contribution >= 0.6 is 11.3 Å². The molecule has 0 bridgehead atoms. The van der Waals surface area contributed by atoms with Crippen molar-refractivity contribution in [3.8, 4) is 17.0 Å². The minimum atomic E-state index is -0.336. The Kier molecular flexibility index (Phi) is 5.24. The van der Waals surface area contributed by atoms with Gasteiger partial charge < -0.3 is 15.0 Å². The molecule has 0 fully saturated rings. The Balaban J connectivity index is 1.63. The van der Waals surface area contributed by atoms with Gasteiger partial charge in [-0.2, -0.15) is 0 Å². The molecule has 4 rings (SSSR count). The molecule has 0 atom stereocenters. The van der Waals surface area contributed by atoms with E-state index in [9.17, 15) is 9.59 Å². The SMILES string of the molecule is COc1ccc2[nH]c(C)c(-c3csc(NC(=O)c4ccccc4NC(C)=O)n3)c2c1. The lowest BCUT2D eigenvalue weighted by Gasteiger charge is -2.08. The van der Waals surface area contributed by atoms with E-state index in [0.717, 1.165) is 33.6 Å². The van der Waals surface area contributed by atoms with Crippen molar-refractivity contribution in [3.05, 3.63) is 59.1 Å². The summed E-state index contributed by atoms with van der Waals surface area (Å²) < 4.78 is 5.35. The van der Waals surface area contributed by atoms with Crippen LogP contribution in [0.3, 0.4) is 0 Å². The maximum atomic E-state index is 12.8. The summed E-state index contributed by atoms with van der Waals surface area (Å²) in [5.74, 6) is 0.190. The molecule has 0 saturated carbocycles. The third kappa shape index (κ3) is 3.77. The van der Waals surface area contributed by atoms with Crippen molar-refractivity contribution >= 4 is 44.9 Å². The second-order valence-corrected chi connectivity index (χ2v) is 7.61. The quantitative estimate of drug-likeness (QED) is 0.431. The third-order valence-electron chi connectivity index (χ3n) is 4.66. The van der Waals surface area contributed by atoms with E-state index in [2.05, 4.69) is 20.6 Å². The topological polar surface area (TPSA) is 96.1 Å². The lowest BCUT2D eigenvalue weighted by molar-refractivity contribution is -0.114. The summed E-state index contributed by atoms with van der Waals surface area (Å²) in [5, 5.41) is 8.89. The fourth-order valence-electron chi connectivity index (χ4n) is 3.35. The molecule has 8 heteroatoms. The Morgan fingerprint density at radius 1 is 1.13 bits per heavy atom. The summed E-state index contributed by atoms with van der Waals surface area (Å²) >= 11 is 1.34. The van der Waals surface area contributed by atoms with Gasteiger partial charge in [0.15, 0.2) is 5.13 Å². The molecule has 0 aliphatic carbocycles. The monoisotopic (exact) mass is 420 g/mol. The molecular formula is C22H20N4O3S. The Morgan fingerprint density at radius 3 is 2.70 bits per heavy atom. The predicted octanol–water partition coefficient (Wildman–Crippen LogP) is 4.82. The van der Waals surface area contributed by atoms with E-state index in [1.165, 1.54) is 18.3 Å². The maximum Gasteiger partial charge on any atom is 0.259 e. The highest BCUT2D eigenvalue weighted by molar-refractivity contribution is 7.14. The number of carbonyl (C=O) groups excluding carboxylic acids is 2. The first-order valence-electron chi connectivity index (χ1n) is 9.26. The summed E-state index contributed by atoms with van der Waals surface area (Å²) in [7, 11) is 1.63. The number of hydrogen-bond acceptors (Lipinski definition) is 5. The molecule has 3 N–H and O–H groups in total. The number of nitrogens with zero attached hydrogens (tertiary/aromatic N) is 1. The van der Waals surface area contributed by atoms with E-state index in [1.54, 1.807) is 31.4 Å². The largest absolute Gasteiger partial charge is 0.497 e. The lowest BCUT2D eigenvalue weighted by atomic mass is 10.1. The number of aryl methyl sites for hydroxylation is 1. The summed E-state index contributed by atoms with van der Waals surface area (Å²) in [4.78, 5) is 32.1. The van der Waals surface area contributed by atoms with Crippen molar-refractivity contribution in [1.29, 1.82) is 0 Å². The minimum absolute atomic E-state index is 0.239. The van der Waals surface area contributed by atoms with Crippen LogP contribution in [0.1, 0.15) is 23.0 Å². The minimum Gasteiger partial charge on any atom is -0.497 e. The molecule has 0 unspecified atom stereocenters. The van der Waals surface area contributed by atoms with Crippen LogP contribution < -0.4 is 15.4 Å². The average molecular weight is 420 g/mol. The maximum absolute atomic E-state index is 12.8. The van der Waals surface area contributed by atoms with Crippen molar-refractivity contribution in [2.75, 3.05) is 17.7 Å². The lowest BCUT2D eigenvalue weighted by Crippen LogP contribution is -2.16. The predicted molar refractivity (Wildman–Crippen MR) is 119 cm³/mol. The molecule has 4 aromatic rings. The van der Waals surface area contributed by atoms with Crippen molar-refractivity contribution in [3.63, 3.8) is 0 Å². The molecule has 0 aliphatic rings. The number of hydrogen-bond donors (Lipinski definition) is 3. The van der Waals surface area contributed by atoms with Gasteiger partial charge in [-0.05, 0) is 37.3 Å². The molecule has 0 aliphatic heterocycles. The number of benzene rings is 2. The Labute approximate surface area is 177 Å². The highest BCUT2D eigenvalue weighted by atomic mass is 32.1. The van der Waals surface area contributed by atoms with Gasteiger partial charge in [-0.25, -0.2) is 4.98 Å². The Morgan fingerprint density at radius 2 is 1.93 bits per heavy atom. The molecule has 30 heavy (non-hydrogen) atoms. The fraction of sp³-hybridized carbons (Fsp3) is 0.136. The number of amides is 2. The molecule has 2 aromatic carbocycles. The smallest absolute Gasteiger partial charge is 0.259 e. The number of H-pyrrole nitrogens is 1. The number of carbonyl (C=O) groups is 2. The zero-order chi connectivity index (χ0) is 21.3. The van der Waals surface area contributed by atoms with Crippen molar-refractivity contribution in [2.24, 2.45) is 0 Å². The van der Waals surface area contributed by atoms with Crippen molar-refractivity contribution < 1.29 is 14.3 Å². The number of fused-ring (bicyclic) bond motifs is 1. The molecule has 7 nitrogen and oxygen atoms in total. The van der Waals surface area contributed by atoms with Crippen LogP contribution in [0.15, 0.2) is 47.8 Å². The number of rotatable bonds is 5. The van der Waals surface area contributed by atoms with Crippen molar-refractivity contribution in [2.45, 2.75) is 13.8 Å². The van der Waals surface area contributed by atoms with Gasteiger partial charge in [0, 0.05) is 34.5 Å². The standard InChI is InChI=1S/C22H20N4O3S/c1-12-20(16-10-14(29-3)8-9-18(16)23-12)19-11-30-22(25-19)26-21(28)15-6-4-5-7-17(15)24-13(2)27/h4-11,23H,1-3H3,(H,24,27)(H,25,26,28). The van der Waals surface area contributed by atoms with E-state index in [0.29, 0.717) is 16.4 Å². The summed E-state index contributed by atoms with van der Waals surface area (Å²) in [6, 6.07) is 12.7. The number of aromatic nitrogens is 2. The van der Waals surface area contributed by atoms with E-state index in [1.807, 2.05) is 30.5 Å². The molecule has 2 aromatic heterocycles. The van der Waals surface area contributed by atoms with Gasteiger partial charge in [-0.15, -0.1) is 11.3 Å². The van der Waals surface area contributed by atoms with Gasteiger partial charge in [0.05, 0.1) is 24.1 Å². The molecule has 0 saturated heterocycles. The molecule has 0 spiro atoms. The number of para-hydroxylation sites is 1. The molecular weight excluding hydrogens is 400 g/mol. The van der Waals surface area contributed by atoms with E-state index >= 15 is 0 Å². The van der Waals surface area contributed by atoms with Crippen LogP contribution in [0.4, 0.5) is 10.8 Å². The number of methoxy groups -OCH3 is 1. The summed E-state index contributed by atoms with van der Waals surface area (Å²) in [6.45, 7) is 3.39. The van der Waals surface area contributed by atoms with Gasteiger partial charge in [0.25, 0.3) is 5.91 Å². The Bertz CT molecular complexity index is 1260. The van der Waals surface area contributed by atoms with Gasteiger partial charge in [-0.3, -0.25) is 14.9 Å². The Hall–Kier alpha value is -3.65. The van der Waals surface area contributed by atoms with Gasteiger partial charge in [0.1, 0.15) is 5.75 Å². The van der Waals surface area contributed by atoms with Gasteiger partial charge in [0.2, 0.25) is 5.91 Å². The average Bonchev–Trinajstić information content (AvgIpc) is 3.30. The number of aromatic amines is 1. The van der Waals surface area contributed by atoms with Crippen molar-refractivity contribution in [1.82, 2.24) is 9.97 Å². The highest BCUT2D eigenvalue weighted by Gasteiger charge is 2.17. The number of anilines is 2. The zero-order valence-corrected chi connectivity index (χ0v) is 17.5. The second kappa shape index (κ2) is 8.00. The van der Waals surface area contributed by atoms with Crippen LogP contribution in [0, 0.1) is 6.92 Å².